The normalized spacial score (nSPS) is 10.2. The van der Waals surface area contributed by atoms with E-state index < -0.39 is 0 Å². The minimum absolute atomic E-state index is 0.0944. The molecule has 0 saturated heterocycles. The fraction of sp³-hybridized carbons (Fsp3) is 0.250. The molecule has 0 saturated carbocycles. The summed E-state index contributed by atoms with van der Waals surface area (Å²) in [5, 5.41) is 0. The predicted molar refractivity (Wildman–Crippen MR) is 73.3 cm³/mol. The predicted octanol–water partition coefficient (Wildman–Crippen LogP) is 2.56. The zero-order chi connectivity index (χ0) is 13.7. The number of aromatic nitrogens is 1. The standard InChI is InChI=1S/C16H18NO2/c1-3-19-15-6-4-14(5-7-15)16(18)12-17-10-8-13(2)9-11-17/h4-11H,3,12H2,1-2H3/q+1. The average Bonchev–Trinajstić information content (AvgIpc) is 2.42. The highest BCUT2D eigenvalue weighted by Crippen LogP contribution is 2.12. The molecule has 98 valence electrons. The van der Waals surface area contributed by atoms with Crippen molar-refractivity contribution in [1.82, 2.24) is 0 Å². The Morgan fingerprint density at radius 1 is 1.11 bits per heavy atom. The van der Waals surface area contributed by atoms with Crippen molar-refractivity contribution in [2.24, 2.45) is 0 Å². The second kappa shape index (κ2) is 6.14. The van der Waals surface area contributed by atoms with Crippen LogP contribution < -0.4 is 9.30 Å². The number of Topliss-reactive ketones (excluding diaryl/α,β-unsaturated/α-hetero) is 1. The Morgan fingerprint density at radius 3 is 2.32 bits per heavy atom. The van der Waals surface area contributed by atoms with Gasteiger partial charge in [-0.05, 0) is 43.7 Å². The number of hydrogen-bond donors (Lipinski definition) is 0. The quantitative estimate of drug-likeness (QED) is 0.608. The molecule has 3 nitrogen and oxygen atoms in total. The number of aryl methyl sites for hydroxylation is 1. The summed E-state index contributed by atoms with van der Waals surface area (Å²) in [4.78, 5) is 12.1. The molecule has 0 aliphatic heterocycles. The summed E-state index contributed by atoms with van der Waals surface area (Å²) in [7, 11) is 0. The van der Waals surface area contributed by atoms with Gasteiger partial charge in [-0.15, -0.1) is 0 Å². The SMILES string of the molecule is CCOc1ccc(C(=O)C[n+]2ccc(C)cc2)cc1. The summed E-state index contributed by atoms with van der Waals surface area (Å²) in [6.45, 7) is 4.95. The number of carbonyl (C=O) groups is 1. The Morgan fingerprint density at radius 2 is 1.74 bits per heavy atom. The zero-order valence-electron chi connectivity index (χ0n) is 11.3. The lowest BCUT2D eigenvalue weighted by molar-refractivity contribution is -0.683. The third kappa shape index (κ3) is 3.65. The van der Waals surface area contributed by atoms with E-state index in [0.717, 1.165) is 5.75 Å². The molecule has 3 heteroatoms. The minimum Gasteiger partial charge on any atom is -0.494 e. The molecule has 0 spiro atoms. The van der Waals surface area contributed by atoms with E-state index in [1.807, 2.05) is 67.2 Å². The Balaban J connectivity index is 2.05. The summed E-state index contributed by atoms with van der Waals surface area (Å²) in [5.74, 6) is 0.888. The highest BCUT2D eigenvalue weighted by Gasteiger charge is 2.11. The maximum atomic E-state index is 12.1. The molecular formula is C16H18NO2+. The molecule has 0 unspecified atom stereocenters. The van der Waals surface area contributed by atoms with Crippen molar-refractivity contribution < 1.29 is 14.1 Å². The fourth-order valence-electron chi connectivity index (χ4n) is 1.80. The summed E-state index contributed by atoms with van der Waals surface area (Å²) in [6.07, 6.45) is 3.84. The van der Waals surface area contributed by atoms with Gasteiger partial charge in [0.1, 0.15) is 5.75 Å². The molecule has 0 aliphatic rings. The van der Waals surface area contributed by atoms with Gasteiger partial charge in [0.05, 0.1) is 6.61 Å². The van der Waals surface area contributed by atoms with Gasteiger partial charge in [-0.3, -0.25) is 4.79 Å². The third-order valence-electron chi connectivity index (χ3n) is 2.87. The van der Waals surface area contributed by atoms with Crippen molar-refractivity contribution in [3.05, 3.63) is 59.9 Å². The Kier molecular flexibility index (Phi) is 4.29. The molecule has 19 heavy (non-hydrogen) atoms. The van der Waals surface area contributed by atoms with Crippen LogP contribution in [0.3, 0.4) is 0 Å². The Bertz CT molecular complexity index is 544. The van der Waals surface area contributed by atoms with E-state index in [9.17, 15) is 4.79 Å². The monoisotopic (exact) mass is 256 g/mol. The van der Waals surface area contributed by atoms with E-state index in [-0.39, 0.29) is 5.78 Å². The van der Waals surface area contributed by atoms with Gasteiger partial charge in [0.15, 0.2) is 12.4 Å². The second-order valence-electron chi connectivity index (χ2n) is 4.43. The van der Waals surface area contributed by atoms with Crippen molar-refractivity contribution >= 4 is 5.78 Å². The summed E-state index contributed by atoms with van der Waals surface area (Å²) in [6, 6.07) is 11.3. The molecule has 0 amide bonds. The first-order valence-electron chi connectivity index (χ1n) is 6.41. The lowest BCUT2D eigenvalue weighted by Crippen LogP contribution is -2.37. The van der Waals surface area contributed by atoms with Gasteiger partial charge >= 0.3 is 0 Å². The minimum atomic E-state index is 0.0944. The van der Waals surface area contributed by atoms with Gasteiger partial charge in [-0.1, -0.05) is 0 Å². The number of ketones is 1. The number of hydrogen-bond acceptors (Lipinski definition) is 2. The van der Waals surface area contributed by atoms with Crippen molar-refractivity contribution in [2.45, 2.75) is 20.4 Å². The van der Waals surface area contributed by atoms with Crippen LogP contribution in [0, 0.1) is 6.92 Å². The van der Waals surface area contributed by atoms with Gasteiger partial charge in [0.2, 0.25) is 12.3 Å². The number of rotatable bonds is 5. The number of benzene rings is 1. The van der Waals surface area contributed by atoms with Crippen LogP contribution in [0.5, 0.6) is 5.75 Å². The average molecular weight is 256 g/mol. The van der Waals surface area contributed by atoms with Crippen LogP contribution in [0.25, 0.3) is 0 Å². The van der Waals surface area contributed by atoms with E-state index >= 15 is 0 Å². The number of ether oxygens (including phenoxy) is 1. The first-order chi connectivity index (χ1) is 9.19. The first kappa shape index (κ1) is 13.3. The number of nitrogens with zero attached hydrogens (tertiary/aromatic N) is 1. The largest absolute Gasteiger partial charge is 0.494 e. The molecule has 0 N–H and O–H groups in total. The molecule has 0 radical (unpaired) electrons. The lowest BCUT2D eigenvalue weighted by Gasteiger charge is -2.03. The molecule has 1 heterocycles. The molecule has 0 aliphatic carbocycles. The van der Waals surface area contributed by atoms with Crippen LogP contribution in [-0.4, -0.2) is 12.4 Å². The first-order valence-corrected chi connectivity index (χ1v) is 6.41. The second-order valence-corrected chi connectivity index (χ2v) is 4.43. The van der Waals surface area contributed by atoms with Crippen molar-refractivity contribution in [2.75, 3.05) is 6.61 Å². The van der Waals surface area contributed by atoms with Gasteiger partial charge < -0.3 is 4.74 Å². The maximum Gasteiger partial charge on any atom is 0.227 e. The van der Waals surface area contributed by atoms with E-state index in [4.69, 9.17) is 4.74 Å². The van der Waals surface area contributed by atoms with Gasteiger partial charge in [0.25, 0.3) is 0 Å². The van der Waals surface area contributed by atoms with E-state index in [1.165, 1.54) is 5.56 Å². The van der Waals surface area contributed by atoms with Crippen LogP contribution in [-0.2, 0) is 6.54 Å². The van der Waals surface area contributed by atoms with Gasteiger partial charge in [-0.2, -0.15) is 4.57 Å². The van der Waals surface area contributed by atoms with Crippen LogP contribution in [0.15, 0.2) is 48.8 Å². The Labute approximate surface area is 113 Å². The van der Waals surface area contributed by atoms with E-state index in [1.54, 1.807) is 0 Å². The molecule has 0 atom stereocenters. The zero-order valence-corrected chi connectivity index (χ0v) is 11.3. The van der Waals surface area contributed by atoms with E-state index in [0.29, 0.717) is 18.7 Å². The van der Waals surface area contributed by atoms with Gasteiger partial charge in [0, 0.05) is 17.7 Å². The molecule has 1 aromatic carbocycles. The molecular weight excluding hydrogens is 238 g/mol. The lowest BCUT2D eigenvalue weighted by atomic mass is 10.1. The molecule has 1 aromatic heterocycles. The summed E-state index contributed by atoms with van der Waals surface area (Å²) < 4.78 is 7.24. The van der Waals surface area contributed by atoms with Crippen molar-refractivity contribution in [3.63, 3.8) is 0 Å². The topological polar surface area (TPSA) is 30.2 Å². The highest BCUT2D eigenvalue weighted by atomic mass is 16.5. The number of carbonyl (C=O) groups excluding carboxylic acids is 1. The molecule has 2 rings (SSSR count). The highest BCUT2D eigenvalue weighted by molar-refractivity contribution is 5.95. The van der Waals surface area contributed by atoms with Crippen LogP contribution in [0.1, 0.15) is 22.8 Å². The van der Waals surface area contributed by atoms with Gasteiger partial charge in [-0.25, -0.2) is 0 Å². The van der Waals surface area contributed by atoms with E-state index in [2.05, 4.69) is 0 Å². The molecule has 0 bridgehead atoms. The van der Waals surface area contributed by atoms with Crippen LogP contribution >= 0.6 is 0 Å². The van der Waals surface area contributed by atoms with Crippen LogP contribution in [0.2, 0.25) is 0 Å². The van der Waals surface area contributed by atoms with Crippen molar-refractivity contribution in [1.29, 1.82) is 0 Å². The smallest absolute Gasteiger partial charge is 0.227 e. The number of pyridine rings is 1. The maximum absolute atomic E-state index is 12.1. The summed E-state index contributed by atoms with van der Waals surface area (Å²) >= 11 is 0. The Hall–Kier alpha value is -2.16. The van der Waals surface area contributed by atoms with Crippen LogP contribution in [0.4, 0.5) is 0 Å². The van der Waals surface area contributed by atoms with Crippen molar-refractivity contribution in [3.8, 4) is 5.75 Å². The third-order valence-corrected chi connectivity index (χ3v) is 2.87. The fourth-order valence-corrected chi connectivity index (χ4v) is 1.80. The molecule has 2 aromatic rings. The molecule has 0 fully saturated rings. The summed E-state index contributed by atoms with van der Waals surface area (Å²) in [5.41, 5.74) is 1.89.